The van der Waals surface area contributed by atoms with E-state index in [4.69, 9.17) is 4.74 Å². The molecular formula is C16H30N4O4S. The molecule has 3 aliphatic rings. The minimum atomic E-state index is -3.48. The van der Waals surface area contributed by atoms with Gasteiger partial charge in [-0.1, -0.05) is 0 Å². The minimum absolute atomic E-state index is 0.0467. The molecule has 0 radical (unpaired) electrons. The lowest BCUT2D eigenvalue weighted by Gasteiger charge is -2.35. The number of likely N-dealkylation sites (N-methyl/N-ethyl adjacent to an activating group) is 1. The molecule has 144 valence electrons. The normalized spacial score (nSPS) is 32.3. The molecule has 0 N–H and O–H groups in total. The van der Waals surface area contributed by atoms with Crippen molar-refractivity contribution in [3.05, 3.63) is 0 Å². The summed E-state index contributed by atoms with van der Waals surface area (Å²) in [5, 5.41) is 0. The van der Waals surface area contributed by atoms with Gasteiger partial charge in [-0.2, -0.15) is 4.31 Å². The number of nitrogens with zero attached hydrogens (tertiary/aromatic N) is 4. The van der Waals surface area contributed by atoms with E-state index in [-0.39, 0.29) is 37.0 Å². The second-order valence-electron chi connectivity index (χ2n) is 7.61. The highest BCUT2D eigenvalue weighted by Crippen LogP contribution is 2.29. The van der Waals surface area contributed by atoms with Crippen molar-refractivity contribution >= 4 is 15.9 Å². The Kier molecular flexibility index (Phi) is 5.69. The van der Waals surface area contributed by atoms with Gasteiger partial charge in [0.05, 0.1) is 31.1 Å². The molecule has 3 saturated heterocycles. The third-order valence-electron chi connectivity index (χ3n) is 5.66. The van der Waals surface area contributed by atoms with Gasteiger partial charge in [-0.05, 0) is 33.0 Å². The van der Waals surface area contributed by atoms with Crippen LogP contribution >= 0.6 is 0 Å². The Balaban J connectivity index is 1.75. The van der Waals surface area contributed by atoms with E-state index in [2.05, 4.69) is 16.8 Å². The van der Waals surface area contributed by atoms with E-state index in [1.165, 1.54) is 9.21 Å². The largest absolute Gasteiger partial charge is 0.374 e. The van der Waals surface area contributed by atoms with Gasteiger partial charge < -0.3 is 14.5 Å². The van der Waals surface area contributed by atoms with E-state index in [0.717, 1.165) is 32.5 Å². The highest BCUT2D eigenvalue weighted by Gasteiger charge is 2.46. The van der Waals surface area contributed by atoms with E-state index in [1.54, 1.807) is 14.1 Å². The summed E-state index contributed by atoms with van der Waals surface area (Å²) in [6.45, 7) is 3.65. The molecule has 0 aliphatic carbocycles. The van der Waals surface area contributed by atoms with Crippen molar-refractivity contribution in [3.8, 4) is 0 Å². The molecule has 3 aliphatic heterocycles. The first-order valence-electron chi connectivity index (χ1n) is 9.02. The molecule has 1 amide bonds. The van der Waals surface area contributed by atoms with Crippen molar-refractivity contribution in [1.82, 2.24) is 19.0 Å². The van der Waals surface area contributed by atoms with Gasteiger partial charge in [0.15, 0.2) is 0 Å². The van der Waals surface area contributed by atoms with Crippen LogP contribution in [-0.2, 0) is 19.6 Å². The second-order valence-corrected chi connectivity index (χ2v) is 9.66. The molecule has 8 nitrogen and oxygen atoms in total. The van der Waals surface area contributed by atoms with Crippen molar-refractivity contribution in [2.75, 3.05) is 66.2 Å². The minimum Gasteiger partial charge on any atom is -0.374 e. The maximum Gasteiger partial charge on any atom is 0.237 e. The Morgan fingerprint density at radius 1 is 1.20 bits per heavy atom. The van der Waals surface area contributed by atoms with Crippen LogP contribution in [0, 0.1) is 0 Å². The van der Waals surface area contributed by atoms with Crippen LogP contribution in [0.4, 0.5) is 0 Å². The third-order valence-corrected chi connectivity index (χ3v) is 7.46. The number of likely N-dealkylation sites (tertiary alicyclic amines) is 2. The standard InChI is InChI=1S/C16H30N4O4S/c1-17(2)16(21)12-20-14-10-19(13-4-6-18(3)7-5-13)11-15(14)24-8-9-25(20,22)23/h13-15H,4-12H2,1-3H3/t14-,15+/m1/s1. The van der Waals surface area contributed by atoms with E-state index >= 15 is 0 Å². The number of sulfonamides is 1. The number of carbonyl (C=O) groups is 1. The van der Waals surface area contributed by atoms with Crippen LogP contribution in [0.2, 0.25) is 0 Å². The first-order chi connectivity index (χ1) is 11.8. The second kappa shape index (κ2) is 7.48. The Labute approximate surface area is 150 Å². The molecule has 2 atom stereocenters. The highest BCUT2D eigenvalue weighted by molar-refractivity contribution is 7.89. The molecule has 0 aromatic carbocycles. The lowest BCUT2D eigenvalue weighted by atomic mass is 10.0. The molecule has 3 fully saturated rings. The number of hydrogen-bond acceptors (Lipinski definition) is 6. The van der Waals surface area contributed by atoms with Gasteiger partial charge in [-0.15, -0.1) is 0 Å². The van der Waals surface area contributed by atoms with Crippen LogP contribution in [0.25, 0.3) is 0 Å². The van der Waals surface area contributed by atoms with Gasteiger partial charge in [0.2, 0.25) is 15.9 Å². The number of ether oxygens (including phenoxy) is 1. The van der Waals surface area contributed by atoms with Gasteiger partial charge in [0.25, 0.3) is 0 Å². The van der Waals surface area contributed by atoms with Crippen molar-refractivity contribution in [3.63, 3.8) is 0 Å². The topological polar surface area (TPSA) is 73.4 Å². The summed E-state index contributed by atoms with van der Waals surface area (Å²) >= 11 is 0. The first-order valence-corrected chi connectivity index (χ1v) is 10.6. The summed E-state index contributed by atoms with van der Waals surface area (Å²) in [6, 6.07) is 0.205. The summed E-state index contributed by atoms with van der Waals surface area (Å²) in [5.74, 6) is -0.239. The molecule has 0 aromatic rings. The number of fused-ring (bicyclic) bond motifs is 1. The number of amides is 1. The van der Waals surface area contributed by atoms with E-state index in [1.807, 2.05) is 0 Å². The van der Waals surface area contributed by atoms with E-state index in [9.17, 15) is 13.2 Å². The van der Waals surface area contributed by atoms with Crippen molar-refractivity contribution in [2.24, 2.45) is 0 Å². The molecule has 25 heavy (non-hydrogen) atoms. The molecule has 0 unspecified atom stereocenters. The van der Waals surface area contributed by atoms with Crippen LogP contribution in [0.15, 0.2) is 0 Å². The SMILES string of the molecule is CN1CCC(N2C[C@@H]3OCCS(=O)(=O)N(CC(=O)N(C)C)[C@@H]3C2)CC1. The summed E-state index contributed by atoms with van der Waals surface area (Å²) < 4.78 is 32.6. The molecular weight excluding hydrogens is 344 g/mol. The number of carbonyl (C=O) groups excluding carboxylic acids is 1. The maximum absolute atomic E-state index is 12.7. The molecule has 9 heteroatoms. The van der Waals surface area contributed by atoms with Gasteiger partial charge in [-0.25, -0.2) is 8.42 Å². The lowest BCUT2D eigenvalue weighted by Crippen LogP contribution is -2.50. The molecule has 0 spiro atoms. The zero-order valence-corrected chi connectivity index (χ0v) is 16.2. The highest BCUT2D eigenvalue weighted by atomic mass is 32.2. The first kappa shape index (κ1) is 19.0. The molecule has 3 heterocycles. The fraction of sp³-hybridized carbons (Fsp3) is 0.938. The smallest absolute Gasteiger partial charge is 0.237 e. The van der Waals surface area contributed by atoms with Crippen molar-refractivity contribution in [1.29, 1.82) is 0 Å². The summed E-state index contributed by atoms with van der Waals surface area (Å²) in [7, 11) is 1.96. The van der Waals surface area contributed by atoms with Crippen molar-refractivity contribution < 1.29 is 17.9 Å². The van der Waals surface area contributed by atoms with Crippen LogP contribution in [0.5, 0.6) is 0 Å². The zero-order valence-electron chi connectivity index (χ0n) is 15.4. The van der Waals surface area contributed by atoms with Gasteiger partial charge >= 0.3 is 0 Å². The zero-order chi connectivity index (χ0) is 18.2. The molecule has 0 bridgehead atoms. The van der Waals surface area contributed by atoms with E-state index in [0.29, 0.717) is 12.6 Å². The maximum atomic E-state index is 12.7. The molecule has 0 saturated carbocycles. The predicted molar refractivity (Wildman–Crippen MR) is 94.8 cm³/mol. The van der Waals surface area contributed by atoms with Crippen LogP contribution < -0.4 is 0 Å². The molecule has 3 rings (SSSR count). The number of rotatable bonds is 3. The fourth-order valence-electron chi connectivity index (χ4n) is 4.00. The quantitative estimate of drug-likeness (QED) is 0.623. The Bertz CT molecular complexity index is 589. The van der Waals surface area contributed by atoms with Crippen LogP contribution in [0.1, 0.15) is 12.8 Å². The average Bonchev–Trinajstić information content (AvgIpc) is 2.91. The summed E-state index contributed by atoms with van der Waals surface area (Å²) in [6.07, 6.45) is 2.05. The van der Waals surface area contributed by atoms with Gasteiger partial charge in [0, 0.05) is 33.2 Å². The predicted octanol–water partition coefficient (Wildman–Crippen LogP) is -1.12. The number of piperidine rings is 1. The van der Waals surface area contributed by atoms with Crippen LogP contribution in [-0.4, -0.2) is 118 Å². The van der Waals surface area contributed by atoms with Crippen LogP contribution in [0.3, 0.4) is 0 Å². The van der Waals surface area contributed by atoms with Gasteiger partial charge in [0.1, 0.15) is 0 Å². The number of hydrogen-bond donors (Lipinski definition) is 0. The Hall–Kier alpha value is -0.740. The Morgan fingerprint density at radius 3 is 2.52 bits per heavy atom. The van der Waals surface area contributed by atoms with E-state index < -0.39 is 10.0 Å². The third kappa shape index (κ3) is 4.16. The summed E-state index contributed by atoms with van der Waals surface area (Å²) in [5.41, 5.74) is 0. The monoisotopic (exact) mass is 374 g/mol. The molecule has 0 aromatic heterocycles. The fourth-order valence-corrected chi connectivity index (χ4v) is 5.47. The lowest BCUT2D eigenvalue weighted by molar-refractivity contribution is -0.129. The summed E-state index contributed by atoms with van der Waals surface area (Å²) in [4.78, 5) is 18.3. The van der Waals surface area contributed by atoms with Gasteiger partial charge in [-0.3, -0.25) is 9.69 Å². The van der Waals surface area contributed by atoms with Crippen molar-refractivity contribution in [2.45, 2.75) is 31.0 Å². The Morgan fingerprint density at radius 2 is 1.88 bits per heavy atom. The average molecular weight is 375 g/mol.